The fourth-order valence-electron chi connectivity index (χ4n) is 3.03. The van der Waals surface area contributed by atoms with Gasteiger partial charge in [0.05, 0.1) is 0 Å². The van der Waals surface area contributed by atoms with Gasteiger partial charge in [0.15, 0.2) is 0 Å². The summed E-state index contributed by atoms with van der Waals surface area (Å²) in [6.45, 7) is 4.16. The Bertz CT molecular complexity index is 643. The molecule has 3 rings (SSSR count). The van der Waals surface area contributed by atoms with Crippen molar-refractivity contribution in [3.8, 4) is 0 Å². The van der Waals surface area contributed by atoms with Gasteiger partial charge < -0.3 is 14.8 Å². The van der Waals surface area contributed by atoms with Gasteiger partial charge in [0.2, 0.25) is 5.91 Å². The number of hydrogen-bond acceptors (Lipinski definition) is 2. The molecular formula is C17H23N3O. The van der Waals surface area contributed by atoms with Gasteiger partial charge in [-0.1, -0.05) is 12.1 Å². The van der Waals surface area contributed by atoms with Crippen LogP contribution < -0.4 is 5.32 Å². The Labute approximate surface area is 125 Å². The van der Waals surface area contributed by atoms with Gasteiger partial charge in [-0.15, -0.1) is 0 Å². The highest BCUT2D eigenvalue weighted by Crippen LogP contribution is 2.27. The Kier molecular flexibility index (Phi) is 3.97. The first-order valence-corrected chi connectivity index (χ1v) is 7.75. The molecule has 1 saturated carbocycles. The van der Waals surface area contributed by atoms with Crippen molar-refractivity contribution in [2.45, 2.75) is 38.9 Å². The summed E-state index contributed by atoms with van der Waals surface area (Å²) in [5.74, 6) is 0.233. The number of carbonyl (C=O) groups is 1. The van der Waals surface area contributed by atoms with Crippen molar-refractivity contribution < 1.29 is 4.79 Å². The number of hydrogen-bond donors (Lipinski definition) is 1. The van der Waals surface area contributed by atoms with Gasteiger partial charge in [0, 0.05) is 36.2 Å². The zero-order chi connectivity index (χ0) is 14.8. The van der Waals surface area contributed by atoms with Crippen LogP contribution in [-0.2, 0) is 17.9 Å². The average molecular weight is 285 g/mol. The molecular weight excluding hydrogens is 262 g/mol. The number of nitrogens with zero attached hydrogens (tertiary/aromatic N) is 2. The van der Waals surface area contributed by atoms with E-state index in [9.17, 15) is 4.79 Å². The minimum atomic E-state index is 0.233. The highest BCUT2D eigenvalue weighted by atomic mass is 16.2. The molecule has 1 heterocycles. The number of likely N-dealkylation sites (N-methyl/N-ethyl adjacent to an activating group) is 1. The summed E-state index contributed by atoms with van der Waals surface area (Å²) >= 11 is 0. The second-order valence-corrected chi connectivity index (χ2v) is 5.73. The van der Waals surface area contributed by atoms with Gasteiger partial charge >= 0.3 is 0 Å². The number of nitrogens with one attached hydrogen (secondary N) is 1. The maximum absolute atomic E-state index is 12.5. The molecule has 1 aromatic carbocycles. The third-order valence-corrected chi connectivity index (χ3v) is 4.23. The van der Waals surface area contributed by atoms with Crippen molar-refractivity contribution in [2.75, 3.05) is 13.6 Å². The minimum absolute atomic E-state index is 0.233. The zero-order valence-electron chi connectivity index (χ0n) is 12.8. The summed E-state index contributed by atoms with van der Waals surface area (Å²) in [7, 11) is 1.95. The maximum Gasteiger partial charge on any atom is 0.242 e. The van der Waals surface area contributed by atoms with Crippen molar-refractivity contribution in [3.05, 3.63) is 36.0 Å². The van der Waals surface area contributed by atoms with E-state index in [1.54, 1.807) is 0 Å². The van der Waals surface area contributed by atoms with Crippen LogP contribution in [0.1, 0.15) is 25.3 Å². The van der Waals surface area contributed by atoms with Crippen molar-refractivity contribution in [1.29, 1.82) is 0 Å². The topological polar surface area (TPSA) is 37.3 Å². The summed E-state index contributed by atoms with van der Waals surface area (Å²) < 4.78 is 2.07. The van der Waals surface area contributed by atoms with E-state index in [-0.39, 0.29) is 5.91 Å². The number of carbonyl (C=O) groups excluding carboxylic acids is 1. The molecule has 0 aliphatic heterocycles. The van der Waals surface area contributed by atoms with Gasteiger partial charge in [-0.3, -0.25) is 4.79 Å². The average Bonchev–Trinajstić information content (AvgIpc) is 3.22. The Morgan fingerprint density at radius 3 is 2.86 bits per heavy atom. The third kappa shape index (κ3) is 2.81. The van der Waals surface area contributed by atoms with Crippen molar-refractivity contribution in [2.24, 2.45) is 0 Å². The van der Waals surface area contributed by atoms with Crippen LogP contribution in [0, 0.1) is 0 Å². The lowest BCUT2D eigenvalue weighted by molar-refractivity contribution is -0.132. The molecule has 21 heavy (non-hydrogen) atoms. The van der Waals surface area contributed by atoms with Gasteiger partial charge in [-0.2, -0.15) is 0 Å². The lowest BCUT2D eigenvalue weighted by Gasteiger charge is -2.21. The molecule has 1 aromatic heterocycles. The fourth-order valence-corrected chi connectivity index (χ4v) is 3.03. The van der Waals surface area contributed by atoms with E-state index < -0.39 is 0 Å². The monoisotopic (exact) mass is 285 g/mol. The van der Waals surface area contributed by atoms with Crippen molar-refractivity contribution in [1.82, 2.24) is 14.8 Å². The molecule has 1 aliphatic rings. The quantitative estimate of drug-likeness (QED) is 0.885. The normalized spacial score (nSPS) is 14.6. The molecule has 112 valence electrons. The van der Waals surface area contributed by atoms with Crippen LogP contribution in [0.2, 0.25) is 0 Å². The Morgan fingerprint density at radius 1 is 1.38 bits per heavy atom. The van der Waals surface area contributed by atoms with E-state index in [1.165, 1.54) is 23.8 Å². The molecule has 0 saturated heterocycles. The maximum atomic E-state index is 12.5. The SMILES string of the molecule is CCN(C(=O)Cn1ccc2c(CNC)cccc21)C1CC1. The summed E-state index contributed by atoms with van der Waals surface area (Å²) in [4.78, 5) is 14.5. The van der Waals surface area contributed by atoms with Crippen LogP contribution in [0.5, 0.6) is 0 Å². The fraction of sp³-hybridized carbons (Fsp3) is 0.471. The highest BCUT2D eigenvalue weighted by molar-refractivity contribution is 5.86. The molecule has 1 aliphatic carbocycles. The van der Waals surface area contributed by atoms with Crippen LogP contribution in [0.4, 0.5) is 0 Å². The molecule has 0 bridgehead atoms. The number of fused-ring (bicyclic) bond motifs is 1. The van der Waals surface area contributed by atoms with Gasteiger partial charge in [0.1, 0.15) is 6.54 Å². The number of rotatable bonds is 6. The van der Waals surface area contributed by atoms with E-state index in [2.05, 4.69) is 41.1 Å². The predicted molar refractivity (Wildman–Crippen MR) is 85.1 cm³/mol. The molecule has 4 nitrogen and oxygen atoms in total. The van der Waals surface area contributed by atoms with Crippen LogP contribution in [-0.4, -0.2) is 35.0 Å². The van der Waals surface area contributed by atoms with Crippen LogP contribution in [0.15, 0.2) is 30.5 Å². The Hall–Kier alpha value is -1.81. The van der Waals surface area contributed by atoms with Crippen LogP contribution in [0.25, 0.3) is 10.9 Å². The molecule has 0 spiro atoms. The van der Waals surface area contributed by atoms with Crippen LogP contribution in [0.3, 0.4) is 0 Å². The smallest absolute Gasteiger partial charge is 0.242 e. The lowest BCUT2D eigenvalue weighted by Crippen LogP contribution is -2.35. The summed E-state index contributed by atoms with van der Waals surface area (Å²) in [6, 6.07) is 8.89. The Morgan fingerprint density at radius 2 is 2.19 bits per heavy atom. The minimum Gasteiger partial charge on any atom is -0.338 e. The zero-order valence-corrected chi connectivity index (χ0v) is 12.8. The molecule has 4 heteroatoms. The summed E-state index contributed by atoms with van der Waals surface area (Å²) in [5, 5.41) is 4.42. The van der Waals surface area contributed by atoms with E-state index in [1.807, 2.05) is 18.1 Å². The van der Waals surface area contributed by atoms with E-state index in [0.717, 1.165) is 18.6 Å². The highest BCUT2D eigenvalue weighted by Gasteiger charge is 2.31. The largest absolute Gasteiger partial charge is 0.338 e. The number of benzene rings is 1. The van der Waals surface area contributed by atoms with Crippen LogP contribution >= 0.6 is 0 Å². The van der Waals surface area contributed by atoms with Crippen molar-refractivity contribution >= 4 is 16.8 Å². The molecule has 1 fully saturated rings. The second kappa shape index (κ2) is 5.90. The standard InChI is InChI=1S/C17H23N3O/c1-3-20(14-7-8-14)17(21)12-19-10-9-15-13(11-18-2)5-4-6-16(15)19/h4-6,9-10,14,18H,3,7-8,11-12H2,1-2H3. The molecule has 0 unspecified atom stereocenters. The van der Waals surface area contributed by atoms with E-state index >= 15 is 0 Å². The van der Waals surface area contributed by atoms with Crippen molar-refractivity contribution in [3.63, 3.8) is 0 Å². The molecule has 1 amide bonds. The predicted octanol–water partition coefficient (Wildman–Crippen LogP) is 2.37. The molecule has 2 aromatic rings. The summed E-state index contributed by atoms with van der Waals surface area (Å²) in [5.41, 5.74) is 2.42. The third-order valence-electron chi connectivity index (χ3n) is 4.23. The first-order valence-electron chi connectivity index (χ1n) is 7.75. The van der Waals surface area contributed by atoms with Gasteiger partial charge in [-0.25, -0.2) is 0 Å². The van der Waals surface area contributed by atoms with Gasteiger partial charge in [0.25, 0.3) is 0 Å². The molecule has 1 N–H and O–H groups in total. The first-order chi connectivity index (χ1) is 10.2. The molecule has 0 radical (unpaired) electrons. The van der Waals surface area contributed by atoms with E-state index in [0.29, 0.717) is 12.6 Å². The van der Waals surface area contributed by atoms with Gasteiger partial charge in [-0.05, 0) is 44.5 Å². The number of aromatic nitrogens is 1. The number of amides is 1. The van der Waals surface area contributed by atoms with E-state index in [4.69, 9.17) is 0 Å². The summed E-state index contributed by atoms with van der Waals surface area (Å²) in [6.07, 6.45) is 4.36. The second-order valence-electron chi connectivity index (χ2n) is 5.73. The molecule has 0 atom stereocenters. The first kappa shape index (κ1) is 14.1. The lowest BCUT2D eigenvalue weighted by atomic mass is 10.1. The Balaban J connectivity index is 1.84.